The first kappa shape index (κ1) is 14.4. The van der Waals surface area contributed by atoms with Gasteiger partial charge in [0.15, 0.2) is 0 Å². The summed E-state index contributed by atoms with van der Waals surface area (Å²) in [6.45, 7) is 0. The van der Waals surface area contributed by atoms with Crippen molar-refractivity contribution in [2.24, 2.45) is 0 Å². The van der Waals surface area contributed by atoms with E-state index < -0.39 is 10.0 Å². The molecule has 0 saturated carbocycles. The highest BCUT2D eigenvalue weighted by atomic mass is 35.5. The van der Waals surface area contributed by atoms with Crippen molar-refractivity contribution in [1.82, 2.24) is 4.31 Å². The maximum atomic E-state index is 12.6. The first-order valence-corrected chi connectivity index (χ1v) is 9.30. The van der Waals surface area contributed by atoms with Crippen LogP contribution >= 0.6 is 11.6 Å². The van der Waals surface area contributed by atoms with Crippen molar-refractivity contribution in [3.63, 3.8) is 0 Å². The van der Waals surface area contributed by atoms with Gasteiger partial charge < -0.3 is 0 Å². The second-order valence-electron chi connectivity index (χ2n) is 5.84. The number of fused-ring (bicyclic) bond motifs is 2. The number of piperidine rings is 1. The van der Waals surface area contributed by atoms with Gasteiger partial charge in [-0.3, -0.25) is 0 Å². The molecule has 0 aromatic heterocycles. The molecule has 2 atom stereocenters. The van der Waals surface area contributed by atoms with Gasteiger partial charge in [0.2, 0.25) is 10.0 Å². The lowest BCUT2D eigenvalue weighted by Crippen LogP contribution is -2.47. The molecule has 2 fully saturated rings. The quantitative estimate of drug-likeness (QED) is 0.802. The van der Waals surface area contributed by atoms with Gasteiger partial charge in [-0.2, -0.15) is 4.31 Å². The zero-order valence-corrected chi connectivity index (χ0v) is 13.0. The molecule has 1 aromatic rings. The van der Waals surface area contributed by atoms with Gasteiger partial charge in [0.25, 0.3) is 0 Å². The molecular formula is C15H20ClNO2S. The Labute approximate surface area is 126 Å². The van der Waals surface area contributed by atoms with E-state index in [2.05, 4.69) is 0 Å². The summed E-state index contributed by atoms with van der Waals surface area (Å²) in [6, 6.07) is 10.1. The van der Waals surface area contributed by atoms with Crippen LogP contribution in [0.2, 0.25) is 0 Å². The van der Waals surface area contributed by atoms with Crippen LogP contribution in [0.3, 0.4) is 0 Å². The van der Waals surface area contributed by atoms with Gasteiger partial charge in [0.05, 0.1) is 5.75 Å². The summed E-state index contributed by atoms with van der Waals surface area (Å²) < 4.78 is 27.0. The van der Waals surface area contributed by atoms with Gasteiger partial charge in [-0.1, -0.05) is 30.3 Å². The molecule has 2 unspecified atom stereocenters. The number of rotatable bonds is 4. The monoisotopic (exact) mass is 313 g/mol. The minimum atomic E-state index is -3.17. The molecule has 2 bridgehead atoms. The average Bonchev–Trinajstić information content (AvgIpc) is 2.72. The van der Waals surface area contributed by atoms with E-state index in [1.165, 1.54) is 0 Å². The fourth-order valence-corrected chi connectivity index (χ4v) is 5.93. The Morgan fingerprint density at radius 1 is 1.10 bits per heavy atom. The average molecular weight is 314 g/mol. The fourth-order valence-electron chi connectivity index (χ4n) is 3.52. The van der Waals surface area contributed by atoms with Crippen molar-refractivity contribution in [3.8, 4) is 0 Å². The molecule has 0 amide bonds. The molecule has 2 aliphatic rings. The smallest absolute Gasteiger partial charge is 0.212 e. The summed E-state index contributed by atoms with van der Waals surface area (Å²) in [6.07, 6.45) is 4.14. The van der Waals surface area contributed by atoms with Crippen molar-refractivity contribution in [1.29, 1.82) is 0 Å². The molecule has 110 valence electrons. The van der Waals surface area contributed by atoms with Crippen LogP contribution in [-0.2, 0) is 16.4 Å². The number of benzene rings is 1. The molecular weight excluding hydrogens is 294 g/mol. The molecule has 0 N–H and O–H groups in total. The van der Waals surface area contributed by atoms with E-state index in [0.29, 0.717) is 6.42 Å². The first-order chi connectivity index (χ1) is 9.56. The minimum Gasteiger partial charge on any atom is -0.212 e. The number of halogens is 1. The Hall–Kier alpha value is -0.580. The molecule has 2 heterocycles. The standard InChI is InChI=1S/C15H20ClNO2S/c16-13-10-14-6-7-15(11-13)17(14)20(18,19)9-8-12-4-2-1-3-5-12/h1-5,13-15H,6-11H2. The summed E-state index contributed by atoms with van der Waals surface area (Å²) in [5.41, 5.74) is 1.08. The van der Waals surface area contributed by atoms with Crippen molar-refractivity contribution in [2.45, 2.75) is 49.6 Å². The van der Waals surface area contributed by atoms with Crippen LogP contribution in [0, 0.1) is 0 Å². The van der Waals surface area contributed by atoms with Crippen LogP contribution in [0.4, 0.5) is 0 Å². The Morgan fingerprint density at radius 3 is 2.30 bits per heavy atom. The van der Waals surface area contributed by atoms with Crippen LogP contribution < -0.4 is 0 Å². The summed E-state index contributed by atoms with van der Waals surface area (Å²) in [4.78, 5) is 0. The zero-order valence-electron chi connectivity index (χ0n) is 11.4. The van der Waals surface area contributed by atoms with Crippen molar-refractivity contribution >= 4 is 21.6 Å². The molecule has 20 heavy (non-hydrogen) atoms. The van der Waals surface area contributed by atoms with Gasteiger partial charge in [-0.25, -0.2) is 8.42 Å². The van der Waals surface area contributed by atoms with Crippen LogP contribution in [0.25, 0.3) is 0 Å². The maximum Gasteiger partial charge on any atom is 0.214 e. The molecule has 0 spiro atoms. The zero-order chi connectivity index (χ0) is 14.2. The number of hydrogen-bond donors (Lipinski definition) is 0. The van der Waals surface area contributed by atoms with Gasteiger partial charge in [-0.05, 0) is 37.7 Å². The van der Waals surface area contributed by atoms with E-state index in [1.807, 2.05) is 30.3 Å². The normalized spacial score (nSPS) is 30.6. The molecule has 2 aliphatic heterocycles. The molecule has 3 nitrogen and oxygen atoms in total. The lowest BCUT2D eigenvalue weighted by Gasteiger charge is -2.35. The van der Waals surface area contributed by atoms with Crippen LogP contribution in [0.5, 0.6) is 0 Å². The molecule has 0 radical (unpaired) electrons. The fraction of sp³-hybridized carbons (Fsp3) is 0.600. The predicted molar refractivity (Wildman–Crippen MR) is 81.5 cm³/mol. The van der Waals surface area contributed by atoms with Crippen molar-refractivity contribution in [3.05, 3.63) is 35.9 Å². The third-order valence-electron chi connectivity index (χ3n) is 4.42. The van der Waals surface area contributed by atoms with Crippen molar-refractivity contribution in [2.75, 3.05) is 5.75 Å². The molecule has 1 aromatic carbocycles. The summed E-state index contributed by atoms with van der Waals surface area (Å²) in [5.74, 6) is 0.205. The highest BCUT2D eigenvalue weighted by molar-refractivity contribution is 7.89. The number of sulfonamides is 1. The number of alkyl halides is 1. The van der Waals surface area contributed by atoms with E-state index in [-0.39, 0.29) is 23.2 Å². The van der Waals surface area contributed by atoms with Crippen LogP contribution in [0.1, 0.15) is 31.2 Å². The van der Waals surface area contributed by atoms with Gasteiger partial charge in [-0.15, -0.1) is 11.6 Å². The largest absolute Gasteiger partial charge is 0.214 e. The van der Waals surface area contributed by atoms with E-state index in [9.17, 15) is 8.42 Å². The number of aryl methyl sites for hydroxylation is 1. The van der Waals surface area contributed by atoms with Gasteiger partial charge in [0, 0.05) is 17.5 Å². The Morgan fingerprint density at radius 2 is 1.70 bits per heavy atom. The Bertz CT molecular complexity index is 546. The molecule has 5 heteroatoms. The summed E-state index contributed by atoms with van der Waals surface area (Å²) >= 11 is 6.21. The predicted octanol–water partition coefficient (Wildman–Crippen LogP) is 2.79. The molecule has 2 saturated heterocycles. The van der Waals surface area contributed by atoms with E-state index in [1.54, 1.807) is 4.31 Å². The maximum absolute atomic E-state index is 12.6. The third kappa shape index (κ3) is 2.87. The van der Waals surface area contributed by atoms with Gasteiger partial charge >= 0.3 is 0 Å². The van der Waals surface area contributed by atoms with E-state index >= 15 is 0 Å². The van der Waals surface area contributed by atoms with E-state index in [0.717, 1.165) is 31.2 Å². The number of nitrogens with zero attached hydrogens (tertiary/aromatic N) is 1. The highest BCUT2D eigenvalue weighted by Gasteiger charge is 2.45. The van der Waals surface area contributed by atoms with Crippen LogP contribution in [0.15, 0.2) is 30.3 Å². The Kier molecular flexibility index (Phi) is 4.07. The second-order valence-corrected chi connectivity index (χ2v) is 8.45. The lowest BCUT2D eigenvalue weighted by atomic mass is 10.1. The molecule has 0 aliphatic carbocycles. The van der Waals surface area contributed by atoms with Crippen molar-refractivity contribution < 1.29 is 8.42 Å². The number of hydrogen-bond acceptors (Lipinski definition) is 2. The minimum absolute atomic E-state index is 0.136. The Balaban J connectivity index is 1.70. The first-order valence-electron chi connectivity index (χ1n) is 7.25. The van der Waals surface area contributed by atoms with Crippen LogP contribution in [-0.4, -0.2) is 35.9 Å². The second kappa shape index (κ2) is 5.66. The highest BCUT2D eigenvalue weighted by Crippen LogP contribution is 2.39. The summed E-state index contributed by atoms with van der Waals surface area (Å²) in [7, 11) is -3.17. The third-order valence-corrected chi connectivity index (χ3v) is 6.74. The SMILES string of the molecule is O=S(=O)(CCc1ccccc1)N1C2CCC1CC(Cl)C2. The lowest BCUT2D eigenvalue weighted by molar-refractivity contribution is 0.251. The molecule has 3 rings (SSSR count). The van der Waals surface area contributed by atoms with E-state index in [4.69, 9.17) is 11.6 Å². The summed E-state index contributed by atoms with van der Waals surface area (Å²) in [5, 5.41) is 0.146. The topological polar surface area (TPSA) is 37.4 Å². The van der Waals surface area contributed by atoms with Gasteiger partial charge in [0.1, 0.15) is 0 Å².